The average molecular weight is 899 g/mol. The van der Waals surface area contributed by atoms with E-state index in [4.69, 9.17) is 14.2 Å². The molecule has 0 saturated carbocycles. The molecule has 1 unspecified atom stereocenters. The summed E-state index contributed by atoms with van der Waals surface area (Å²) in [7, 11) is 0. The molecule has 64 heavy (non-hydrogen) atoms. The summed E-state index contributed by atoms with van der Waals surface area (Å²) in [5.74, 6) is -0.888. The van der Waals surface area contributed by atoms with Gasteiger partial charge in [0.25, 0.3) is 0 Å². The van der Waals surface area contributed by atoms with Gasteiger partial charge in [0.05, 0.1) is 0 Å². The fourth-order valence-corrected chi connectivity index (χ4v) is 8.07. The van der Waals surface area contributed by atoms with E-state index in [1.54, 1.807) is 0 Å². The van der Waals surface area contributed by atoms with E-state index in [0.29, 0.717) is 19.3 Å². The summed E-state index contributed by atoms with van der Waals surface area (Å²) in [5, 5.41) is 0. The Labute approximate surface area is 397 Å². The number of rotatable bonds is 51. The van der Waals surface area contributed by atoms with Crippen molar-refractivity contribution in [1.82, 2.24) is 0 Å². The first-order valence-electron chi connectivity index (χ1n) is 28.0. The van der Waals surface area contributed by atoms with Crippen LogP contribution in [0.3, 0.4) is 0 Å². The summed E-state index contributed by atoms with van der Waals surface area (Å²) >= 11 is 0. The SMILES string of the molecule is CCCCC/C=C\CCCCCCCC(=O)OCC(COC(=O)CCCCCCCCC/C=C\CCCCCCCCC)OC(=O)CCCCCCC/C=C\CCCCCCCCC. The van der Waals surface area contributed by atoms with E-state index in [1.807, 2.05) is 0 Å². The molecule has 0 heterocycles. The maximum Gasteiger partial charge on any atom is 0.306 e. The lowest BCUT2D eigenvalue weighted by atomic mass is 10.1. The van der Waals surface area contributed by atoms with E-state index in [9.17, 15) is 14.4 Å². The quantitative estimate of drug-likeness (QED) is 0.0262. The van der Waals surface area contributed by atoms with Crippen LogP contribution in [0.5, 0.6) is 0 Å². The minimum atomic E-state index is -0.779. The molecule has 0 aliphatic rings. The molecule has 0 radical (unpaired) electrons. The van der Waals surface area contributed by atoms with Crippen molar-refractivity contribution >= 4 is 17.9 Å². The third-order valence-electron chi connectivity index (χ3n) is 12.3. The smallest absolute Gasteiger partial charge is 0.306 e. The van der Waals surface area contributed by atoms with Crippen LogP contribution in [-0.4, -0.2) is 37.2 Å². The van der Waals surface area contributed by atoms with E-state index in [-0.39, 0.29) is 31.1 Å². The first-order chi connectivity index (χ1) is 31.5. The highest BCUT2D eigenvalue weighted by Gasteiger charge is 2.19. The molecule has 0 rings (SSSR count). The van der Waals surface area contributed by atoms with Crippen LogP contribution in [0.4, 0.5) is 0 Å². The summed E-state index contributed by atoms with van der Waals surface area (Å²) in [6, 6.07) is 0. The number of esters is 3. The summed E-state index contributed by atoms with van der Waals surface area (Å²) < 4.78 is 16.8. The maximum absolute atomic E-state index is 12.8. The topological polar surface area (TPSA) is 78.9 Å². The van der Waals surface area contributed by atoms with E-state index in [0.717, 1.165) is 70.6 Å². The van der Waals surface area contributed by atoms with Crippen molar-refractivity contribution in [2.45, 2.75) is 303 Å². The molecule has 6 nitrogen and oxygen atoms in total. The van der Waals surface area contributed by atoms with Gasteiger partial charge in [0.1, 0.15) is 13.2 Å². The summed E-state index contributed by atoms with van der Waals surface area (Å²) in [4.78, 5) is 38.1. The van der Waals surface area contributed by atoms with E-state index >= 15 is 0 Å². The van der Waals surface area contributed by atoms with Crippen LogP contribution in [0.25, 0.3) is 0 Å². The molecule has 0 aliphatic carbocycles. The first kappa shape index (κ1) is 61.6. The van der Waals surface area contributed by atoms with Crippen LogP contribution in [0.15, 0.2) is 36.5 Å². The molecule has 6 heteroatoms. The minimum absolute atomic E-state index is 0.0785. The highest BCUT2D eigenvalue weighted by Crippen LogP contribution is 2.15. The van der Waals surface area contributed by atoms with Crippen molar-refractivity contribution in [3.8, 4) is 0 Å². The second kappa shape index (κ2) is 53.2. The third kappa shape index (κ3) is 50.6. The fourth-order valence-electron chi connectivity index (χ4n) is 8.07. The van der Waals surface area contributed by atoms with Gasteiger partial charge in [0.15, 0.2) is 6.10 Å². The van der Waals surface area contributed by atoms with Crippen LogP contribution >= 0.6 is 0 Å². The van der Waals surface area contributed by atoms with Crippen molar-refractivity contribution in [3.05, 3.63) is 36.5 Å². The Morgan fingerprint density at radius 3 is 0.812 bits per heavy atom. The van der Waals surface area contributed by atoms with Crippen LogP contribution in [0, 0.1) is 0 Å². The zero-order valence-corrected chi connectivity index (χ0v) is 42.8. The van der Waals surface area contributed by atoms with Gasteiger partial charge in [-0.1, -0.05) is 218 Å². The van der Waals surface area contributed by atoms with Gasteiger partial charge < -0.3 is 14.2 Å². The largest absolute Gasteiger partial charge is 0.462 e. The van der Waals surface area contributed by atoms with Crippen LogP contribution in [-0.2, 0) is 28.6 Å². The molecular formula is C58H106O6. The highest BCUT2D eigenvalue weighted by molar-refractivity contribution is 5.71. The molecule has 0 amide bonds. The Bertz CT molecular complexity index is 1080. The predicted octanol–water partition coefficient (Wildman–Crippen LogP) is 18.5. The molecular weight excluding hydrogens is 793 g/mol. The highest BCUT2D eigenvalue weighted by atomic mass is 16.6. The summed E-state index contributed by atoms with van der Waals surface area (Å²) in [6.45, 7) is 6.62. The van der Waals surface area contributed by atoms with Gasteiger partial charge in [-0.3, -0.25) is 14.4 Å². The van der Waals surface area contributed by atoms with Gasteiger partial charge in [0.2, 0.25) is 0 Å². The normalized spacial score (nSPS) is 12.2. The lowest BCUT2D eigenvalue weighted by Gasteiger charge is -2.18. The second-order valence-corrected chi connectivity index (χ2v) is 18.8. The van der Waals surface area contributed by atoms with E-state index < -0.39 is 6.10 Å². The third-order valence-corrected chi connectivity index (χ3v) is 12.3. The lowest BCUT2D eigenvalue weighted by Crippen LogP contribution is -2.30. The Morgan fingerprint density at radius 2 is 0.516 bits per heavy atom. The number of hydrogen-bond donors (Lipinski definition) is 0. The molecule has 0 fully saturated rings. The number of carbonyl (C=O) groups excluding carboxylic acids is 3. The number of carbonyl (C=O) groups is 3. The van der Waals surface area contributed by atoms with Crippen molar-refractivity contribution < 1.29 is 28.6 Å². The summed E-state index contributed by atoms with van der Waals surface area (Å²) in [6.07, 6.45) is 62.7. The molecule has 0 bridgehead atoms. The Hall–Kier alpha value is -2.37. The number of ether oxygens (including phenoxy) is 3. The molecule has 374 valence electrons. The van der Waals surface area contributed by atoms with Crippen molar-refractivity contribution in [3.63, 3.8) is 0 Å². The number of unbranched alkanes of at least 4 members (excludes halogenated alkanes) is 34. The summed E-state index contributed by atoms with van der Waals surface area (Å²) in [5.41, 5.74) is 0. The standard InChI is InChI=1S/C58H106O6/c1-4-7-10-13-16-19-22-25-27-29-30-32-33-36-39-42-45-48-51-57(60)63-54-55(53-62-56(59)50-47-44-41-38-35-24-21-18-15-12-9-6-3)64-58(61)52-49-46-43-40-37-34-31-28-26-23-20-17-14-11-8-5-2/h18,21,27-29,31,55H,4-17,19-20,22-26,30,32-54H2,1-3H3/b21-18-,29-27-,31-28-. The van der Waals surface area contributed by atoms with E-state index in [2.05, 4.69) is 57.2 Å². The van der Waals surface area contributed by atoms with Crippen LogP contribution in [0.1, 0.15) is 297 Å². The zero-order valence-electron chi connectivity index (χ0n) is 42.8. The van der Waals surface area contributed by atoms with Crippen molar-refractivity contribution in [2.75, 3.05) is 13.2 Å². The van der Waals surface area contributed by atoms with E-state index in [1.165, 1.54) is 186 Å². The van der Waals surface area contributed by atoms with Crippen LogP contribution in [0.2, 0.25) is 0 Å². The number of allylic oxidation sites excluding steroid dienone is 6. The van der Waals surface area contributed by atoms with Gasteiger partial charge in [-0.2, -0.15) is 0 Å². The van der Waals surface area contributed by atoms with Gasteiger partial charge in [-0.05, 0) is 96.3 Å². The molecule has 0 aromatic carbocycles. The Morgan fingerprint density at radius 1 is 0.297 bits per heavy atom. The number of hydrogen-bond acceptors (Lipinski definition) is 6. The minimum Gasteiger partial charge on any atom is -0.462 e. The Kier molecular flexibility index (Phi) is 51.3. The average Bonchev–Trinajstić information content (AvgIpc) is 3.29. The zero-order chi connectivity index (χ0) is 46.5. The van der Waals surface area contributed by atoms with Gasteiger partial charge >= 0.3 is 17.9 Å². The lowest BCUT2D eigenvalue weighted by molar-refractivity contribution is -0.167. The molecule has 0 aromatic rings. The molecule has 0 spiro atoms. The maximum atomic E-state index is 12.8. The van der Waals surface area contributed by atoms with Gasteiger partial charge in [0, 0.05) is 19.3 Å². The molecule has 1 atom stereocenters. The van der Waals surface area contributed by atoms with Gasteiger partial charge in [-0.25, -0.2) is 0 Å². The van der Waals surface area contributed by atoms with Crippen molar-refractivity contribution in [2.24, 2.45) is 0 Å². The molecule has 0 aliphatic heterocycles. The molecule has 0 aromatic heterocycles. The second-order valence-electron chi connectivity index (χ2n) is 18.8. The molecule has 0 saturated heterocycles. The first-order valence-corrected chi connectivity index (χ1v) is 28.0. The predicted molar refractivity (Wildman–Crippen MR) is 275 cm³/mol. The Balaban J connectivity index is 4.35. The van der Waals surface area contributed by atoms with Crippen molar-refractivity contribution in [1.29, 1.82) is 0 Å². The van der Waals surface area contributed by atoms with Crippen LogP contribution < -0.4 is 0 Å². The van der Waals surface area contributed by atoms with Gasteiger partial charge in [-0.15, -0.1) is 0 Å². The molecule has 0 N–H and O–H groups in total. The monoisotopic (exact) mass is 899 g/mol. The fraction of sp³-hybridized carbons (Fsp3) is 0.845.